The summed E-state index contributed by atoms with van der Waals surface area (Å²) in [5.41, 5.74) is 10.7. The fraction of sp³-hybridized carbons (Fsp3) is 0.424. The molecule has 384 valence electrons. The molecule has 1 N–H and O–H groups in total. The van der Waals surface area contributed by atoms with Crippen molar-refractivity contribution in [2.24, 2.45) is 4.99 Å². The van der Waals surface area contributed by atoms with Crippen molar-refractivity contribution in [3.8, 4) is 17.2 Å². The number of benzene rings is 5. The maximum Gasteiger partial charge on any atom is 0.261 e. The molecule has 5 aromatic carbocycles. The fourth-order valence-electron chi connectivity index (χ4n) is 10.5. The van der Waals surface area contributed by atoms with Crippen LogP contribution in [-0.2, 0) is 46.7 Å². The summed E-state index contributed by atoms with van der Waals surface area (Å²) >= 11 is 1.85. The number of nitrogens with one attached hydrogen (secondary N) is 1. The van der Waals surface area contributed by atoms with Crippen LogP contribution in [-0.4, -0.2) is 100 Å². The maximum atomic E-state index is 14.3. The molecule has 4 aliphatic rings. The minimum Gasteiger partial charge on any atom is -0.493 e. The zero-order valence-electron chi connectivity index (χ0n) is 43.2. The zero-order valence-corrected chi connectivity index (χ0v) is 44.0. The van der Waals surface area contributed by atoms with E-state index in [1.54, 1.807) is 14.2 Å². The Balaban J connectivity index is 0.997. The number of amides is 3. The topological polar surface area (TPSA) is 131 Å². The summed E-state index contributed by atoms with van der Waals surface area (Å²) in [4.78, 5) is 51.5. The number of hydrogen-bond acceptors (Lipinski definition) is 11. The number of hydrogen-bond donors (Lipinski definition) is 1. The molecule has 0 radical (unpaired) electrons. The number of methoxy groups -OCH3 is 1. The molecule has 0 unspecified atom stereocenters. The van der Waals surface area contributed by atoms with E-state index < -0.39 is 0 Å². The van der Waals surface area contributed by atoms with Crippen LogP contribution in [0.25, 0.3) is 0 Å². The van der Waals surface area contributed by atoms with Crippen LogP contribution in [0.3, 0.4) is 0 Å². The Hall–Kier alpha value is -6.35. The van der Waals surface area contributed by atoms with Crippen molar-refractivity contribution in [1.82, 2.24) is 5.32 Å². The molecule has 3 amide bonds. The van der Waals surface area contributed by atoms with E-state index in [2.05, 4.69) is 61.3 Å². The van der Waals surface area contributed by atoms with Gasteiger partial charge in [0.2, 0.25) is 5.91 Å². The number of carbonyl (C=O) groups is 3. The fourth-order valence-corrected chi connectivity index (χ4v) is 11.6. The average Bonchev–Trinajstić information content (AvgIpc) is 3.89. The van der Waals surface area contributed by atoms with Crippen LogP contribution in [0.4, 0.5) is 22.7 Å². The zero-order chi connectivity index (χ0) is 51.1. The minimum absolute atomic E-state index is 0.0102. The number of rotatable bonds is 23. The van der Waals surface area contributed by atoms with Gasteiger partial charge in [-0.2, -0.15) is 11.8 Å². The number of carbonyl (C=O) groups excluding carboxylic acids is 3. The van der Waals surface area contributed by atoms with Crippen LogP contribution in [0.1, 0.15) is 101 Å². The van der Waals surface area contributed by atoms with Gasteiger partial charge in [-0.15, -0.1) is 0 Å². The standard InChI is InChI=1S/C59H69N5O8S/c1-7-21-69-23-24-70-22-20-62(38-59(3,4)73-25-12-17-56(65)60-5)46-28-40(36-71-53-34-50-49(26-39(53)2)58(67)64-47(35-61-50)31-44-14-9-11-16-52(44)64)27-41(29-46)37-72-55-32-42-18-19-45-30-43-13-8-10-15-51(43)63(45)57(66)48(42)33-54(55)68-6/h8-11,13-16,26-29,32-35,45,47H,7,12,17-25,30-31,36-38H2,1-6H3,(H,60,65)/t45-,47+/m1/s1. The van der Waals surface area contributed by atoms with Gasteiger partial charge in [-0.05, 0) is 141 Å². The highest BCUT2D eigenvalue weighted by Crippen LogP contribution is 2.42. The lowest BCUT2D eigenvalue weighted by atomic mass is 9.99. The lowest BCUT2D eigenvalue weighted by molar-refractivity contribution is -0.120. The summed E-state index contributed by atoms with van der Waals surface area (Å²) in [5, 5.41) is 2.74. The lowest BCUT2D eigenvalue weighted by Gasteiger charge is -2.34. The first-order valence-electron chi connectivity index (χ1n) is 25.8. The molecule has 14 heteroatoms. The van der Waals surface area contributed by atoms with Gasteiger partial charge in [-0.3, -0.25) is 24.3 Å². The molecule has 73 heavy (non-hydrogen) atoms. The molecule has 0 bridgehead atoms. The Labute approximate surface area is 434 Å². The largest absolute Gasteiger partial charge is 0.493 e. The van der Waals surface area contributed by atoms with E-state index in [0.717, 1.165) is 89.2 Å². The van der Waals surface area contributed by atoms with Gasteiger partial charge < -0.3 is 38.8 Å². The molecular formula is C59H69N5O8S. The molecule has 0 aromatic heterocycles. The Morgan fingerprint density at radius 1 is 0.795 bits per heavy atom. The average molecular weight is 1010 g/mol. The highest BCUT2D eigenvalue weighted by atomic mass is 32.2. The van der Waals surface area contributed by atoms with Crippen molar-refractivity contribution in [3.05, 3.63) is 136 Å². The van der Waals surface area contributed by atoms with Gasteiger partial charge in [-0.25, -0.2) is 0 Å². The van der Waals surface area contributed by atoms with Crippen molar-refractivity contribution >= 4 is 58.4 Å². The third-order valence-electron chi connectivity index (χ3n) is 14.1. The monoisotopic (exact) mass is 1010 g/mol. The predicted octanol–water partition coefficient (Wildman–Crippen LogP) is 10.3. The Kier molecular flexibility index (Phi) is 16.4. The molecule has 4 aliphatic heterocycles. The molecule has 9 rings (SSSR count). The van der Waals surface area contributed by atoms with Crippen molar-refractivity contribution in [2.45, 2.75) is 103 Å². The SMILES string of the molecule is CCCOCCOCCN(CC(C)(C)SCCCC(=O)NC)c1cc(COc2cc3c(cc2C)C(=O)N2c4ccccc4C[C@H]2C=N3)cc(COc2cc3c(cc2OC)C(=O)N2c4ccccc4C[C@H]2CC3)c1. The van der Waals surface area contributed by atoms with Crippen LogP contribution >= 0.6 is 11.8 Å². The molecule has 13 nitrogen and oxygen atoms in total. The number of para-hydroxylation sites is 2. The summed E-state index contributed by atoms with van der Waals surface area (Å²) in [7, 11) is 3.29. The van der Waals surface area contributed by atoms with E-state index in [1.165, 1.54) is 5.56 Å². The first-order valence-corrected chi connectivity index (χ1v) is 26.8. The van der Waals surface area contributed by atoms with Crippen LogP contribution in [0.2, 0.25) is 0 Å². The number of aliphatic imine (C=N–C) groups is 1. The molecule has 4 heterocycles. The summed E-state index contributed by atoms with van der Waals surface area (Å²) in [6.07, 6.45) is 7.26. The van der Waals surface area contributed by atoms with E-state index in [9.17, 15) is 14.4 Å². The van der Waals surface area contributed by atoms with Crippen LogP contribution in [0, 0.1) is 6.92 Å². The van der Waals surface area contributed by atoms with E-state index in [1.807, 2.05) is 95.4 Å². The Morgan fingerprint density at radius 2 is 1.48 bits per heavy atom. The highest BCUT2D eigenvalue weighted by Gasteiger charge is 2.39. The molecule has 2 atom stereocenters. The second kappa shape index (κ2) is 23.2. The van der Waals surface area contributed by atoms with Crippen LogP contribution < -0.4 is 34.2 Å². The summed E-state index contributed by atoms with van der Waals surface area (Å²) in [5.74, 6) is 2.53. The number of nitrogens with zero attached hydrogens (tertiary/aromatic N) is 4. The van der Waals surface area contributed by atoms with Gasteiger partial charge in [0.25, 0.3) is 11.8 Å². The van der Waals surface area contributed by atoms with Gasteiger partial charge in [0.15, 0.2) is 11.5 Å². The molecule has 5 aromatic rings. The van der Waals surface area contributed by atoms with Crippen molar-refractivity contribution in [2.75, 3.05) is 74.1 Å². The quantitative estimate of drug-likeness (QED) is 0.0631. The van der Waals surface area contributed by atoms with E-state index in [0.29, 0.717) is 80.0 Å². The smallest absolute Gasteiger partial charge is 0.261 e. The van der Waals surface area contributed by atoms with Crippen LogP contribution in [0.5, 0.6) is 17.2 Å². The first-order chi connectivity index (χ1) is 35.4. The Morgan fingerprint density at radius 3 is 2.21 bits per heavy atom. The molecule has 0 saturated heterocycles. The van der Waals surface area contributed by atoms with Crippen molar-refractivity contribution in [3.63, 3.8) is 0 Å². The highest BCUT2D eigenvalue weighted by molar-refractivity contribution is 8.00. The Bertz CT molecular complexity index is 2850. The number of ether oxygens (including phenoxy) is 5. The van der Waals surface area contributed by atoms with Gasteiger partial charge >= 0.3 is 0 Å². The van der Waals surface area contributed by atoms with Gasteiger partial charge in [0, 0.05) is 85.3 Å². The minimum atomic E-state index is -0.187. The van der Waals surface area contributed by atoms with E-state index in [4.69, 9.17) is 28.7 Å². The lowest BCUT2D eigenvalue weighted by Crippen LogP contribution is -2.39. The molecule has 0 fully saturated rings. The summed E-state index contributed by atoms with van der Waals surface area (Å²) < 4.78 is 31.0. The second-order valence-corrected chi connectivity index (χ2v) is 21.8. The maximum absolute atomic E-state index is 14.3. The first kappa shape index (κ1) is 51.5. The molecular weight excluding hydrogens is 939 g/mol. The normalized spacial score (nSPS) is 16.4. The van der Waals surface area contributed by atoms with E-state index in [-0.39, 0.29) is 47.8 Å². The van der Waals surface area contributed by atoms with Gasteiger partial charge in [0.1, 0.15) is 19.0 Å². The molecule has 0 spiro atoms. The number of thioether (sulfide) groups is 1. The van der Waals surface area contributed by atoms with Crippen molar-refractivity contribution in [1.29, 1.82) is 0 Å². The third-order valence-corrected chi connectivity index (χ3v) is 15.5. The van der Waals surface area contributed by atoms with Crippen molar-refractivity contribution < 1.29 is 38.1 Å². The van der Waals surface area contributed by atoms with E-state index >= 15 is 0 Å². The number of fused-ring (bicyclic) bond motifs is 8. The predicted molar refractivity (Wildman–Crippen MR) is 291 cm³/mol. The third kappa shape index (κ3) is 11.9. The van der Waals surface area contributed by atoms with Crippen LogP contribution in [0.15, 0.2) is 96.0 Å². The second-order valence-electron chi connectivity index (χ2n) is 20.0. The van der Waals surface area contributed by atoms with Gasteiger partial charge in [-0.1, -0.05) is 43.3 Å². The summed E-state index contributed by atoms with van der Waals surface area (Å²) in [6, 6.07) is 30.3. The number of aryl methyl sites for hydroxylation is 2. The summed E-state index contributed by atoms with van der Waals surface area (Å²) in [6.45, 7) is 12.6. The molecule has 0 aliphatic carbocycles. The number of anilines is 3. The molecule has 0 saturated carbocycles. The van der Waals surface area contributed by atoms with Gasteiger partial charge in [0.05, 0.1) is 44.2 Å².